The van der Waals surface area contributed by atoms with Gasteiger partial charge < -0.3 is 15.5 Å². The number of benzene rings is 1. The Labute approximate surface area is 141 Å². The van der Waals surface area contributed by atoms with Gasteiger partial charge in [-0.1, -0.05) is 24.3 Å². The average molecular weight is 329 g/mol. The zero-order valence-corrected chi connectivity index (χ0v) is 14.4. The van der Waals surface area contributed by atoms with E-state index in [4.69, 9.17) is 0 Å². The molecule has 128 valence electrons. The zero-order valence-electron chi connectivity index (χ0n) is 14.4. The lowest BCUT2D eigenvalue weighted by molar-refractivity contribution is -0.129. The number of carbonyl (C=O) groups excluding carboxylic acids is 2. The molecule has 1 aromatic carbocycles. The summed E-state index contributed by atoms with van der Waals surface area (Å²) in [4.78, 5) is 25.2. The molecule has 7 nitrogen and oxygen atoms in total. The van der Waals surface area contributed by atoms with E-state index >= 15 is 0 Å². The monoisotopic (exact) mass is 329 g/mol. The van der Waals surface area contributed by atoms with Crippen LogP contribution in [0.15, 0.2) is 36.7 Å². The van der Waals surface area contributed by atoms with E-state index in [2.05, 4.69) is 15.7 Å². The van der Waals surface area contributed by atoms with Crippen molar-refractivity contribution in [2.24, 2.45) is 0 Å². The smallest absolute Gasteiger partial charge is 0.319 e. The van der Waals surface area contributed by atoms with Crippen molar-refractivity contribution in [3.8, 4) is 0 Å². The number of hydrogen-bond donors (Lipinski definition) is 2. The molecule has 0 saturated carbocycles. The van der Waals surface area contributed by atoms with Crippen LogP contribution in [0, 0.1) is 6.92 Å². The Balaban J connectivity index is 1.92. The second kappa shape index (κ2) is 7.63. The summed E-state index contributed by atoms with van der Waals surface area (Å²) >= 11 is 0. The van der Waals surface area contributed by atoms with E-state index in [1.807, 2.05) is 38.1 Å². The van der Waals surface area contributed by atoms with E-state index in [1.165, 1.54) is 15.8 Å². The molecule has 3 amide bonds. The minimum absolute atomic E-state index is 0.0673. The van der Waals surface area contributed by atoms with Crippen molar-refractivity contribution in [3.05, 3.63) is 47.8 Å². The number of nitrogens with one attached hydrogen (secondary N) is 2. The van der Waals surface area contributed by atoms with Gasteiger partial charge in [-0.2, -0.15) is 5.10 Å². The van der Waals surface area contributed by atoms with E-state index in [0.29, 0.717) is 5.69 Å². The molecule has 0 aliphatic carbocycles. The highest BCUT2D eigenvalue weighted by atomic mass is 16.2. The highest BCUT2D eigenvalue weighted by molar-refractivity contribution is 5.89. The minimum atomic E-state index is -0.316. The van der Waals surface area contributed by atoms with Crippen molar-refractivity contribution >= 4 is 17.6 Å². The fourth-order valence-corrected chi connectivity index (χ4v) is 2.31. The third kappa shape index (κ3) is 4.58. The van der Waals surface area contributed by atoms with Gasteiger partial charge in [0, 0.05) is 20.3 Å². The number of likely N-dealkylation sites (N-methyl/N-ethyl adjacent to an activating group) is 1. The predicted octanol–water partition coefficient (Wildman–Crippen LogP) is 2.16. The number of amides is 3. The first-order valence-electron chi connectivity index (χ1n) is 7.72. The van der Waals surface area contributed by atoms with E-state index in [1.54, 1.807) is 20.3 Å². The number of rotatable bonds is 5. The Kier molecular flexibility index (Phi) is 5.57. The predicted molar refractivity (Wildman–Crippen MR) is 92.7 cm³/mol. The lowest BCUT2D eigenvalue weighted by atomic mass is 10.0. The maximum atomic E-state index is 12.1. The fraction of sp³-hybridized carbons (Fsp3) is 0.353. The average Bonchev–Trinajstić information content (AvgIpc) is 2.94. The number of aromatic nitrogens is 2. The van der Waals surface area contributed by atoms with Crippen molar-refractivity contribution < 1.29 is 9.59 Å². The molecule has 1 heterocycles. The molecule has 0 saturated heterocycles. The molecule has 0 aliphatic heterocycles. The topological polar surface area (TPSA) is 79.3 Å². The number of nitrogens with zero attached hydrogens (tertiary/aromatic N) is 3. The molecule has 0 spiro atoms. The summed E-state index contributed by atoms with van der Waals surface area (Å²) in [5.41, 5.74) is 2.73. The normalized spacial score (nSPS) is 11.7. The Bertz CT molecular complexity index is 723. The van der Waals surface area contributed by atoms with Crippen LogP contribution in [0.1, 0.15) is 24.1 Å². The molecule has 0 bridgehead atoms. The molecule has 1 aromatic heterocycles. The SMILES string of the molecule is Cc1ccccc1C(C)NC(=O)Nc1cnn(CC(=O)N(C)C)c1. The molecule has 0 fully saturated rings. The Morgan fingerprint density at radius 1 is 1.29 bits per heavy atom. The summed E-state index contributed by atoms with van der Waals surface area (Å²) in [6.07, 6.45) is 3.14. The maximum Gasteiger partial charge on any atom is 0.319 e. The molecular formula is C17H23N5O2. The summed E-state index contributed by atoms with van der Waals surface area (Å²) in [5, 5.41) is 9.69. The third-order valence-electron chi connectivity index (χ3n) is 3.69. The van der Waals surface area contributed by atoms with E-state index in [9.17, 15) is 9.59 Å². The third-order valence-corrected chi connectivity index (χ3v) is 3.69. The van der Waals surface area contributed by atoms with Crippen LogP contribution < -0.4 is 10.6 Å². The molecule has 24 heavy (non-hydrogen) atoms. The van der Waals surface area contributed by atoms with Crippen LogP contribution in [0.3, 0.4) is 0 Å². The van der Waals surface area contributed by atoms with Crippen molar-refractivity contribution in [2.45, 2.75) is 26.4 Å². The van der Waals surface area contributed by atoms with Gasteiger partial charge in [-0.05, 0) is 25.0 Å². The van der Waals surface area contributed by atoms with Gasteiger partial charge in [0.1, 0.15) is 6.54 Å². The standard InChI is InChI=1S/C17H23N5O2/c1-12-7-5-6-8-15(12)13(2)19-17(24)20-14-9-18-22(10-14)11-16(23)21(3)4/h5-10,13H,11H2,1-4H3,(H2,19,20,24). The number of hydrogen-bond acceptors (Lipinski definition) is 3. The highest BCUT2D eigenvalue weighted by Crippen LogP contribution is 2.16. The van der Waals surface area contributed by atoms with Crippen molar-refractivity contribution in [1.82, 2.24) is 20.0 Å². The van der Waals surface area contributed by atoms with Gasteiger partial charge in [-0.3, -0.25) is 9.48 Å². The van der Waals surface area contributed by atoms with Crippen LogP contribution in [-0.2, 0) is 11.3 Å². The lowest BCUT2D eigenvalue weighted by Gasteiger charge is -2.16. The van der Waals surface area contributed by atoms with Gasteiger partial charge >= 0.3 is 6.03 Å². The molecule has 7 heteroatoms. The number of anilines is 1. The summed E-state index contributed by atoms with van der Waals surface area (Å²) in [6, 6.07) is 7.49. The van der Waals surface area contributed by atoms with Crippen LogP contribution in [0.4, 0.5) is 10.5 Å². The van der Waals surface area contributed by atoms with Crippen LogP contribution in [0.5, 0.6) is 0 Å². The van der Waals surface area contributed by atoms with Crippen LogP contribution >= 0.6 is 0 Å². The first kappa shape index (κ1) is 17.5. The van der Waals surface area contributed by atoms with E-state index in [0.717, 1.165) is 11.1 Å². The van der Waals surface area contributed by atoms with Gasteiger partial charge in [0.2, 0.25) is 5.91 Å². The molecule has 1 unspecified atom stereocenters. The molecule has 2 N–H and O–H groups in total. The number of carbonyl (C=O) groups is 2. The minimum Gasteiger partial charge on any atom is -0.347 e. The molecule has 0 radical (unpaired) electrons. The number of urea groups is 1. The van der Waals surface area contributed by atoms with Gasteiger partial charge in [0.25, 0.3) is 0 Å². The summed E-state index contributed by atoms with van der Waals surface area (Å²) in [6.45, 7) is 4.08. The zero-order chi connectivity index (χ0) is 17.7. The second-order valence-corrected chi connectivity index (χ2v) is 5.89. The molecule has 2 aromatic rings. The maximum absolute atomic E-state index is 12.1. The Hall–Kier alpha value is -2.83. The van der Waals surface area contributed by atoms with Crippen LogP contribution in [-0.4, -0.2) is 40.7 Å². The second-order valence-electron chi connectivity index (χ2n) is 5.89. The first-order chi connectivity index (χ1) is 11.4. The van der Waals surface area contributed by atoms with Gasteiger partial charge in [-0.15, -0.1) is 0 Å². The molecule has 2 rings (SSSR count). The Morgan fingerprint density at radius 2 is 2.00 bits per heavy atom. The summed E-state index contributed by atoms with van der Waals surface area (Å²) in [7, 11) is 3.37. The quantitative estimate of drug-likeness (QED) is 0.882. The molecule has 0 aliphatic rings. The van der Waals surface area contributed by atoms with Crippen LogP contribution in [0.2, 0.25) is 0 Å². The van der Waals surface area contributed by atoms with Gasteiger partial charge in [0.05, 0.1) is 17.9 Å². The molecular weight excluding hydrogens is 306 g/mol. The van der Waals surface area contributed by atoms with Crippen molar-refractivity contribution in [3.63, 3.8) is 0 Å². The fourth-order valence-electron chi connectivity index (χ4n) is 2.31. The van der Waals surface area contributed by atoms with E-state index < -0.39 is 0 Å². The highest BCUT2D eigenvalue weighted by Gasteiger charge is 2.12. The summed E-state index contributed by atoms with van der Waals surface area (Å²) in [5.74, 6) is -0.0673. The van der Waals surface area contributed by atoms with Crippen molar-refractivity contribution in [2.75, 3.05) is 19.4 Å². The Morgan fingerprint density at radius 3 is 2.67 bits per heavy atom. The summed E-state index contributed by atoms with van der Waals surface area (Å²) < 4.78 is 1.49. The first-order valence-corrected chi connectivity index (χ1v) is 7.72. The molecule has 1 atom stereocenters. The van der Waals surface area contributed by atoms with Crippen LogP contribution in [0.25, 0.3) is 0 Å². The lowest BCUT2D eigenvalue weighted by Crippen LogP contribution is -2.31. The van der Waals surface area contributed by atoms with Gasteiger partial charge in [0.15, 0.2) is 0 Å². The van der Waals surface area contributed by atoms with Crippen molar-refractivity contribution in [1.29, 1.82) is 0 Å². The number of aryl methyl sites for hydroxylation is 1. The van der Waals surface area contributed by atoms with Gasteiger partial charge in [-0.25, -0.2) is 4.79 Å². The van der Waals surface area contributed by atoms with E-state index in [-0.39, 0.29) is 24.5 Å². The largest absolute Gasteiger partial charge is 0.347 e.